The third-order valence-corrected chi connectivity index (χ3v) is 7.77. The van der Waals surface area contributed by atoms with Crippen LogP contribution in [0.5, 0.6) is 5.75 Å². The minimum Gasteiger partial charge on any atom is -0.453 e. The molecular formula is C28H21N3O2S. The van der Waals surface area contributed by atoms with Gasteiger partial charge in [-0.25, -0.2) is 5.01 Å². The van der Waals surface area contributed by atoms with Crippen molar-refractivity contribution in [1.82, 2.24) is 5.01 Å². The second-order valence-corrected chi connectivity index (χ2v) is 9.71. The van der Waals surface area contributed by atoms with Gasteiger partial charge in [-0.15, -0.1) is 11.3 Å². The van der Waals surface area contributed by atoms with Gasteiger partial charge in [0.1, 0.15) is 5.75 Å². The molecule has 0 saturated heterocycles. The van der Waals surface area contributed by atoms with Gasteiger partial charge in [0.05, 0.1) is 34.4 Å². The molecule has 1 aromatic heterocycles. The summed E-state index contributed by atoms with van der Waals surface area (Å²) in [6.07, 6.45) is 0.733. The minimum absolute atomic E-state index is 0.0734. The van der Waals surface area contributed by atoms with Crippen molar-refractivity contribution >= 4 is 28.6 Å². The highest BCUT2D eigenvalue weighted by Gasteiger charge is 2.63. The number of hydrogen-bond donors (Lipinski definition) is 0. The van der Waals surface area contributed by atoms with Gasteiger partial charge >= 0.3 is 5.72 Å². The van der Waals surface area contributed by atoms with E-state index < -0.39 is 5.72 Å². The maximum absolute atomic E-state index is 14.4. The van der Waals surface area contributed by atoms with Crippen LogP contribution >= 0.6 is 11.3 Å². The summed E-state index contributed by atoms with van der Waals surface area (Å²) in [5, 5.41) is 9.05. The fourth-order valence-electron chi connectivity index (χ4n) is 5.34. The van der Waals surface area contributed by atoms with Crippen LogP contribution in [-0.2, 0) is 17.1 Å². The summed E-state index contributed by atoms with van der Waals surface area (Å²) in [6, 6.07) is 30.1. The number of hydrogen-bond acceptors (Lipinski definition) is 5. The molecular weight excluding hydrogens is 442 g/mol. The van der Waals surface area contributed by atoms with Crippen molar-refractivity contribution in [3.8, 4) is 5.75 Å². The molecule has 0 radical (unpaired) electrons. The molecule has 1 amide bonds. The van der Waals surface area contributed by atoms with E-state index in [2.05, 4.69) is 17.5 Å². The van der Waals surface area contributed by atoms with Crippen LogP contribution in [0.2, 0.25) is 0 Å². The van der Waals surface area contributed by atoms with E-state index >= 15 is 0 Å². The Morgan fingerprint density at radius 1 is 0.941 bits per heavy atom. The summed E-state index contributed by atoms with van der Waals surface area (Å²) in [7, 11) is 0. The summed E-state index contributed by atoms with van der Waals surface area (Å²) < 4.78 is 6.70. The van der Waals surface area contributed by atoms with Gasteiger partial charge in [0.25, 0.3) is 5.91 Å². The molecule has 3 aromatic carbocycles. The molecule has 0 aliphatic carbocycles. The summed E-state index contributed by atoms with van der Waals surface area (Å²) >= 11 is 1.67. The average molecular weight is 464 g/mol. The van der Waals surface area contributed by atoms with E-state index in [1.165, 1.54) is 0 Å². The topological polar surface area (TPSA) is 45.1 Å². The fourth-order valence-corrected chi connectivity index (χ4v) is 6.06. The van der Waals surface area contributed by atoms with E-state index in [0.29, 0.717) is 6.54 Å². The predicted molar refractivity (Wildman–Crippen MR) is 133 cm³/mol. The van der Waals surface area contributed by atoms with Gasteiger partial charge in [0.15, 0.2) is 0 Å². The van der Waals surface area contributed by atoms with Crippen LogP contribution in [0.1, 0.15) is 34.0 Å². The van der Waals surface area contributed by atoms with Gasteiger partial charge in [-0.3, -0.25) is 4.79 Å². The monoisotopic (exact) mass is 463 g/mol. The zero-order chi connectivity index (χ0) is 22.7. The van der Waals surface area contributed by atoms with Crippen LogP contribution in [0, 0.1) is 0 Å². The van der Waals surface area contributed by atoms with Crippen molar-refractivity contribution in [1.29, 1.82) is 0 Å². The van der Waals surface area contributed by atoms with Crippen LogP contribution in [0.15, 0.2) is 101 Å². The highest BCUT2D eigenvalue weighted by Crippen LogP contribution is 2.55. The lowest BCUT2D eigenvalue weighted by molar-refractivity contribution is -0.164. The first-order valence-corrected chi connectivity index (χ1v) is 12.3. The molecule has 0 bridgehead atoms. The van der Waals surface area contributed by atoms with Gasteiger partial charge in [0.2, 0.25) is 0 Å². The molecule has 166 valence electrons. The number of carbonyl (C=O) groups excluding carboxylic acids is 1. The second kappa shape index (κ2) is 7.30. The Morgan fingerprint density at radius 2 is 1.74 bits per heavy atom. The van der Waals surface area contributed by atoms with Crippen LogP contribution < -0.4 is 9.64 Å². The van der Waals surface area contributed by atoms with Crippen molar-refractivity contribution in [2.24, 2.45) is 5.10 Å². The Hall–Kier alpha value is -3.90. The second-order valence-electron chi connectivity index (χ2n) is 8.77. The van der Waals surface area contributed by atoms with Crippen LogP contribution in [0.3, 0.4) is 0 Å². The molecule has 3 aliphatic heterocycles. The molecule has 7 rings (SSSR count). The van der Waals surface area contributed by atoms with Gasteiger partial charge in [-0.1, -0.05) is 72.8 Å². The SMILES string of the molecule is O=C1N(Cc2ccccc2)c2ccccc2C12Oc1ccccc1C1CC(c3cccs3)=NN12. The van der Waals surface area contributed by atoms with Crippen LogP contribution in [0.4, 0.5) is 5.69 Å². The van der Waals surface area contributed by atoms with Crippen LogP contribution in [0.25, 0.3) is 0 Å². The first-order chi connectivity index (χ1) is 16.8. The highest BCUT2D eigenvalue weighted by molar-refractivity contribution is 7.12. The van der Waals surface area contributed by atoms with Crippen molar-refractivity contribution in [2.45, 2.75) is 24.7 Å². The molecule has 3 aliphatic rings. The lowest BCUT2D eigenvalue weighted by Crippen LogP contribution is -2.57. The zero-order valence-corrected chi connectivity index (χ0v) is 19.1. The highest BCUT2D eigenvalue weighted by atomic mass is 32.1. The van der Waals surface area contributed by atoms with Crippen molar-refractivity contribution in [2.75, 3.05) is 4.90 Å². The van der Waals surface area contributed by atoms with Crippen molar-refractivity contribution in [3.05, 3.63) is 118 Å². The van der Waals surface area contributed by atoms with E-state index in [4.69, 9.17) is 9.84 Å². The van der Waals surface area contributed by atoms with E-state index in [1.807, 2.05) is 88.8 Å². The molecule has 34 heavy (non-hydrogen) atoms. The summed E-state index contributed by atoms with van der Waals surface area (Å²) in [5.74, 6) is 0.643. The standard InChI is InChI=1S/C28H21N3O2S/c32-27-28(21-12-5-6-13-23(21)30(27)18-19-9-2-1-3-10-19)31-24(20-11-4-7-14-25(20)33-28)17-22(29-31)26-15-8-16-34-26/h1-16,24H,17-18H2. The maximum atomic E-state index is 14.4. The Bertz CT molecular complexity index is 1430. The number of fused-ring (bicyclic) bond motifs is 6. The number of nitrogens with zero attached hydrogens (tertiary/aromatic N) is 3. The van der Waals surface area contributed by atoms with E-state index in [0.717, 1.165) is 45.1 Å². The number of carbonyl (C=O) groups is 1. The smallest absolute Gasteiger partial charge is 0.306 e. The molecule has 0 fully saturated rings. The third-order valence-electron chi connectivity index (χ3n) is 6.85. The minimum atomic E-state index is -1.33. The molecule has 6 heteroatoms. The number of thiophene rings is 1. The van der Waals surface area contributed by atoms with Gasteiger partial charge in [-0.2, -0.15) is 5.10 Å². The van der Waals surface area contributed by atoms with E-state index in [1.54, 1.807) is 11.3 Å². The number of ether oxygens (including phenoxy) is 1. The number of amides is 1. The number of hydrazone groups is 1. The Labute approximate surface area is 201 Å². The van der Waals surface area contributed by atoms with Gasteiger partial charge in [0, 0.05) is 12.0 Å². The van der Waals surface area contributed by atoms with Gasteiger partial charge in [-0.05, 0) is 29.1 Å². The Kier molecular flexibility index (Phi) is 4.20. The summed E-state index contributed by atoms with van der Waals surface area (Å²) in [4.78, 5) is 17.4. The largest absolute Gasteiger partial charge is 0.453 e. The molecule has 2 atom stereocenters. The average Bonchev–Trinajstić information content (AvgIpc) is 3.61. The number of rotatable bonds is 3. The number of benzene rings is 3. The molecule has 4 heterocycles. The predicted octanol–water partition coefficient (Wildman–Crippen LogP) is 5.69. The maximum Gasteiger partial charge on any atom is 0.306 e. The van der Waals surface area contributed by atoms with E-state index in [9.17, 15) is 4.79 Å². The number of para-hydroxylation sites is 2. The van der Waals surface area contributed by atoms with Gasteiger partial charge < -0.3 is 9.64 Å². The number of anilines is 1. The summed E-state index contributed by atoms with van der Waals surface area (Å²) in [5.41, 5.74) is 3.51. The quantitative estimate of drug-likeness (QED) is 0.392. The normalized spacial score (nSPS) is 22.3. The Balaban J connectivity index is 1.42. The lowest BCUT2D eigenvalue weighted by Gasteiger charge is -2.44. The molecule has 5 nitrogen and oxygen atoms in total. The first-order valence-electron chi connectivity index (χ1n) is 11.4. The van der Waals surface area contributed by atoms with E-state index in [-0.39, 0.29) is 11.9 Å². The molecule has 2 unspecified atom stereocenters. The lowest BCUT2D eigenvalue weighted by atomic mass is 9.93. The fraction of sp³-hybridized carbons (Fsp3) is 0.143. The molecule has 4 aromatic rings. The third kappa shape index (κ3) is 2.66. The van der Waals surface area contributed by atoms with Crippen molar-refractivity contribution in [3.63, 3.8) is 0 Å². The van der Waals surface area contributed by atoms with Crippen LogP contribution in [-0.4, -0.2) is 16.6 Å². The zero-order valence-electron chi connectivity index (χ0n) is 18.3. The Morgan fingerprint density at radius 3 is 2.59 bits per heavy atom. The molecule has 1 spiro atoms. The first kappa shape index (κ1) is 19.6. The molecule has 0 N–H and O–H groups in total. The van der Waals surface area contributed by atoms with Crippen molar-refractivity contribution < 1.29 is 9.53 Å². The summed E-state index contributed by atoms with van der Waals surface area (Å²) in [6.45, 7) is 0.476. The molecule has 0 saturated carbocycles.